The van der Waals surface area contributed by atoms with Gasteiger partial charge >= 0.3 is 6.09 Å². The number of hydrogen-bond donors (Lipinski definition) is 8. The van der Waals surface area contributed by atoms with E-state index in [1.165, 1.54) is 12.0 Å². The van der Waals surface area contributed by atoms with Gasteiger partial charge in [-0.3, -0.25) is 28.9 Å². The summed E-state index contributed by atoms with van der Waals surface area (Å²) >= 11 is 0. The Balaban J connectivity index is 0.000000169. The van der Waals surface area contributed by atoms with E-state index in [1.807, 2.05) is 96.8 Å². The fraction of sp³-hybridized carbons (Fsp3) is 0.419. The van der Waals surface area contributed by atoms with Gasteiger partial charge in [0, 0.05) is 196 Å². The first-order valence-electron chi connectivity index (χ1n) is 42.2. The molecule has 6 aliphatic heterocycles. The molecule has 0 aliphatic carbocycles. The van der Waals surface area contributed by atoms with Gasteiger partial charge in [0.05, 0.1) is 48.8 Å². The molecule has 0 radical (unpaired) electrons. The van der Waals surface area contributed by atoms with E-state index in [0.717, 1.165) is 160 Å². The average Bonchev–Trinajstić information content (AvgIpc) is 1.57. The summed E-state index contributed by atoms with van der Waals surface area (Å²) in [6.45, 7) is 24.0. The van der Waals surface area contributed by atoms with Gasteiger partial charge in [-0.15, -0.1) is 0 Å². The number of carbonyl (C=O) groups excluding carboxylic acids is 6. The highest BCUT2D eigenvalue weighted by molar-refractivity contribution is 6.01. The number of rotatable bonds is 27. The highest BCUT2D eigenvalue weighted by Gasteiger charge is 2.42. The third kappa shape index (κ3) is 20.3. The lowest BCUT2D eigenvalue weighted by atomic mass is 10.00. The first kappa shape index (κ1) is 84.8. The largest absolute Gasteiger partial charge is 0.496 e. The number of fused-ring (bicyclic) bond motifs is 6. The number of carbonyl (C=O) groups is 6. The SMILES string of the molecule is CC(C)(C)OC(=O)N1C[C@@H]2C[C@H]1CN2.CCc1nc2c(cnn2CC)c(NC2CCOCC2)c1CNC(=O)c1cccc(C(=O)NCc2cc(-c3cccc(C=O)c3)ccc2OC)c1.CCc1nc2c(cnn2CC)c(NC2CCOCC2)c1CNC(=O)c1cccc(C(=O)NCc2cc(-c3cccc(CN4C[C@@H]5C[C@H]4CN5)c3)ccc2OC)c1. The Bertz CT molecular complexity index is 5340. The molecule has 4 bridgehead atoms. The van der Waals surface area contributed by atoms with Crippen molar-refractivity contribution in [2.75, 3.05) is 77.5 Å². The molecule has 6 aliphatic rings. The summed E-state index contributed by atoms with van der Waals surface area (Å²) in [5.41, 5.74) is 15.9. The van der Waals surface area contributed by atoms with Gasteiger partial charge in [-0.25, -0.2) is 24.1 Å². The Morgan fingerprint density at radius 1 is 0.525 bits per heavy atom. The summed E-state index contributed by atoms with van der Waals surface area (Å²) in [5.74, 6) is 0.158. The van der Waals surface area contributed by atoms with Crippen LogP contribution in [0.25, 0.3) is 44.3 Å². The van der Waals surface area contributed by atoms with Crippen LogP contribution in [0.15, 0.2) is 146 Å². The molecule has 10 aromatic rings. The van der Waals surface area contributed by atoms with Gasteiger partial charge < -0.3 is 71.1 Å². The van der Waals surface area contributed by atoms with E-state index in [0.29, 0.717) is 116 Å². The minimum absolute atomic E-state index is 0.161. The number of ether oxygens (including phenoxy) is 5. The van der Waals surface area contributed by atoms with Gasteiger partial charge in [0.1, 0.15) is 23.4 Å². The minimum atomic E-state index is -0.383. The fourth-order valence-electron chi connectivity index (χ4n) is 16.9. The zero-order valence-corrected chi connectivity index (χ0v) is 70.2. The molecule has 4 atom stereocenters. The number of benzene rings is 6. The highest BCUT2D eigenvalue weighted by Crippen LogP contribution is 2.36. The molecule has 6 fully saturated rings. The predicted molar refractivity (Wildman–Crippen MR) is 464 cm³/mol. The Morgan fingerprint density at radius 2 is 0.967 bits per heavy atom. The molecule has 16 rings (SSSR count). The van der Waals surface area contributed by atoms with Gasteiger partial charge in [-0.2, -0.15) is 10.2 Å². The topological polar surface area (TPSA) is 313 Å². The lowest BCUT2D eigenvalue weighted by Crippen LogP contribution is -2.48. The monoisotopic (exact) mass is 1630 g/mol. The molecular formula is C93H112N16O11. The number of aldehydes is 1. The number of piperazine rings is 2. The molecule has 0 spiro atoms. The van der Waals surface area contributed by atoms with Crippen LogP contribution in [0.2, 0.25) is 0 Å². The third-order valence-electron chi connectivity index (χ3n) is 23.3. The number of pyridine rings is 2. The second-order valence-electron chi connectivity index (χ2n) is 32.4. The number of aromatic nitrogens is 6. The molecule has 5 amide bonds. The van der Waals surface area contributed by atoms with Crippen LogP contribution in [-0.2, 0) is 72.9 Å². The van der Waals surface area contributed by atoms with Gasteiger partial charge in [0.15, 0.2) is 11.3 Å². The molecule has 6 aromatic carbocycles. The molecule has 6 saturated heterocycles. The molecule has 4 aromatic heterocycles. The number of hydrogen-bond acceptors (Lipinski definition) is 20. The van der Waals surface area contributed by atoms with Crippen LogP contribution in [-0.4, -0.2) is 184 Å². The van der Waals surface area contributed by atoms with E-state index in [-0.39, 0.29) is 73.6 Å². The van der Waals surface area contributed by atoms with Crippen LogP contribution in [0.3, 0.4) is 0 Å². The fourth-order valence-corrected chi connectivity index (χ4v) is 16.9. The number of methoxy groups -OCH3 is 2. The summed E-state index contributed by atoms with van der Waals surface area (Å²) in [4.78, 5) is 91.5. The number of amides is 5. The second-order valence-corrected chi connectivity index (χ2v) is 32.4. The van der Waals surface area contributed by atoms with Gasteiger partial charge in [-0.05, 0) is 187 Å². The molecule has 0 saturated carbocycles. The van der Waals surface area contributed by atoms with Crippen molar-refractivity contribution in [2.45, 2.75) is 187 Å². The van der Waals surface area contributed by atoms with Crippen molar-refractivity contribution in [2.24, 2.45) is 0 Å². The molecule has 8 N–H and O–H groups in total. The smallest absolute Gasteiger partial charge is 0.410 e. The van der Waals surface area contributed by atoms with Crippen LogP contribution >= 0.6 is 0 Å². The predicted octanol–water partition coefficient (Wildman–Crippen LogP) is 12.6. The quantitative estimate of drug-likeness (QED) is 0.0222. The molecule has 27 heteroatoms. The first-order valence-corrected chi connectivity index (χ1v) is 42.2. The summed E-state index contributed by atoms with van der Waals surface area (Å²) in [5, 5.41) is 37.7. The van der Waals surface area contributed by atoms with Crippen LogP contribution in [0.4, 0.5) is 16.2 Å². The van der Waals surface area contributed by atoms with Crippen LogP contribution in [0.5, 0.6) is 11.5 Å². The summed E-state index contributed by atoms with van der Waals surface area (Å²) in [7, 11) is 3.22. The van der Waals surface area contributed by atoms with E-state index in [4.69, 9.17) is 33.7 Å². The molecule has 630 valence electrons. The average molecular weight is 1630 g/mol. The summed E-state index contributed by atoms with van der Waals surface area (Å²) in [6, 6.07) is 43.9. The number of likely N-dealkylation sites (tertiary alicyclic amines) is 2. The van der Waals surface area contributed by atoms with Crippen molar-refractivity contribution in [1.29, 1.82) is 0 Å². The Labute approximate surface area is 701 Å². The van der Waals surface area contributed by atoms with Gasteiger partial charge in [0.2, 0.25) is 0 Å². The maximum absolute atomic E-state index is 13.7. The molecule has 120 heavy (non-hydrogen) atoms. The molecular weight excluding hydrogens is 1520 g/mol. The second kappa shape index (κ2) is 39.1. The molecule has 10 heterocycles. The molecule has 27 nitrogen and oxygen atoms in total. The Kier molecular flexibility index (Phi) is 27.6. The van der Waals surface area contributed by atoms with Crippen molar-refractivity contribution in [3.63, 3.8) is 0 Å². The maximum atomic E-state index is 13.7. The van der Waals surface area contributed by atoms with E-state index >= 15 is 0 Å². The zero-order valence-electron chi connectivity index (χ0n) is 70.2. The highest BCUT2D eigenvalue weighted by atomic mass is 16.6. The first-order chi connectivity index (χ1) is 58.3. The van der Waals surface area contributed by atoms with Crippen molar-refractivity contribution >= 4 is 69.4 Å². The zero-order chi connectivity index (χ0) is 84.0. The van der Waals surface area contributed by atoms with Crippen molar-refractivity contribution in [3.05, 3.63) is 213 Å². The number of nitrogens with one attached hydrogen (secondary N) is 8. The summed E-state index contributed by atoms with van der Waals surface area (Å²) in [6.07, 6.45) is 11.6. The molecule has 0 unspecified atom stereocenters. The van der Waals surface area contributed by atoms with Crippen LogP contribution in [0, 0.1) is 0 Å². The minimum Gasteiger partial charge on any atom is -0.496 e. The van der Waals surface area contributed by atoms with Crippen molar-refractivity contribution in [3.8, 4) is 33.8 Å². The maximum Gasteiger partial charge on any atom is 0.410 e. The summed E-state index contributed by atoms with van der Waals surface area (Å²) < 4.78 is 31.6. The van der Waals surface area contributed by atoms with Gasteiger partial charge in [0.25, 0.3) is 23.6 Å². The van der Waals surface area contributed by atoms with Crippen LogP contribution < -0.4 is 52.0 Å². The lowest BCUT2D eigenvalue weighted by molar-refractivity contribution is 0.0204. The van der Waals surface area contributed by atoms with Crippen molar-refractivity contribution in [1.82, 2.24) is 71.2 Å². The number of nitrogens with zero attached hydrogens (tertiary/aromatic N) is 8. The number of aryl methyl sites for hydroxylation is 4. The standard InChI is InChI=1S/C44H52N8O4.C39H42N6O5.C10H18N2O2/c1-4-39-37(41(49-34-14-16-56-17-15-34)38-25-48-52(5-2)42(38)50-39)24-47-44(54)32-11-7-10-31(20-32)43(53)46-22-33-19-30(12-13-40(33)55-3)29-9-6-8-28(18-29)26-51-27-35-21-36(51)23-45-35;1-4-34-32(36(43-31-14-16-50-17-15-31)33-23-42-45(5-2)37(33)44-34)22-41-39(48)29-11-7-10-28(20-29)38(47)40-21-30-19-27(12-13-35(30)49-3)26-9-6-8-25(18-26)24-46;1-10(2,3)14-9(13)12-6-7-4-8(12)5-11-7/h6-13,18-20,25,34-36,45H,4-5,14-17,21-24,26-27H2,1-3H3,(H,46,53)(H,47,54)(H,49,50);6-13,18-20,23-24,31H,4-5,14-17,21-22H2,1-3H3,(H,40,47)(H,41,48)(H,43,44);7-8,11H,4-6H2,1-3H3/t35-,36-;;7-,8-/m0.0/s1. The normalized spacial score (nSPS) is 17.7. The van der Waals surface area contributed by atoms with E-state index in [1.54, 1.807) is 68.8 Å². The van der Waals surface area contributed by atoms with Gasteiger partial charge in [-0.1, -0.05) is 74.5 Å². The third-order valence-corrected chi connectivity index (χ3v) is 23.3. The van der Waals surface area contributed by atoms with E-state index in [9.17, 15) is 28.8 Å². The number of anilines is 2. The van der Waals surface area contributed by atoms with Crippen molar-refractivity contribution < 1.29 is 52.5 Å². The van der Waals surface area contributed by atoms with E-state index in [2.05, 4.69) is 115 Å². The van der Waals surface area contributed by atoms with Crippen LogP contribution in [0.1, 0.15) is 178 Å². The van der Waals surface area contributed by atoms with E-state index < -0.39 is 0 Å². The Morgan fingerprint density at radius 3 is 1.38 bits per heavy atom. The lowest BCUT2D eigenvalue weighted by Gasteiger charge is -2.30. The Hall–Kier alpha value is -11.6.